The van der Waals surface area contributed by atoms with Crippen molar-refractivity contribution in [1.29, 1.82) is 0 Å². The molecule has 0 bridgehead atoms. The number of aryl methyl sites for hydroxylation is 1. The Labute approximate surface area is 107 Å². The van der Waals surface area contributed by atoms with Crippen molar-refractivity contribution in [3.63, 3.8) is 0 Å². The number of hydrogen-bond donors (Lipinski definition) is 1. The van der Waals surface area contributed by atoms with Crippen LogP contribution in [-0.4, -0.2) is 18.2 Å². The minimum atomic E-state index is -0.146. The van der Waals surface area contributed by atoms with Crippen LogP contribution in [0.15, 0.2) is 18.2 Å². The zero-order valence-corrected chi connectivity index (χ0v) is 11.0. The lowest BCUT2D eigenvalue weighted by molar-refractivity contribution is 0.434. The molecule has 18 heavy (non-hydrogen) atoms. The van der Waals surface area contributed by atoms with Gasteiger partial charge in [-0.3, -0.25) is 0 Å². The Balaban J connectivity index is 2.11. The molecule has 3 rings (SSSR count). The smallest absolute Gasteiger partial charge is 0.125 e. The summed E-state index contributed by atoms with van der Waals surface area (Å²) in [5.74, 6) is 0.561. The molecule has 0 fully saturated rings. The molecule has 1 aromatic heterocycles. The Morgan fingerprint density at radius 1 is 1.44 bits per heavy atom. The number of benzene rings is 1. The van der Waals surface area contributed by atoms with Gasteiger partial charge < -0.3 is 9.88 Å². The van der Waals surface area contributed by atoms with Crippen LogP contribution in [0.1, 0.15) is 17.7 Å². The largest absolute Gasteiger partial charge is 0.347 e. The summed E-state index contributed by atoms with van der Waals surface area (Å²) in [7, 11) is 4.06. The highest BCUT2D eigenvalue weighted by Gasteiger charge is 2.23. The van der Waals surface area contributed by atoms with Gasteiger partial charge in [0.2, 0.25) is 0 Å². The summed E-state index contributed by atoms with van der Waals surface area (Å²) < 4.78 is 15.5. The molecule has 0 saturated heterocycles. The first-order chi connectivity index (χ1) is 8.70. The number of fused-ring (bicyclic) bond motifs is 3. The molecule has 2 aromatic rings. The summed E-state index contributed by atoms with van der Waals surface area (Å²) in [6.45, 7) is 1.07. The van der Waals surface area contributed by atoms with Gasteiger partial charge in [0.05, 0.1) is 5.52 Å². The highest BCUT2D eigenvalue weighted by molar-refractivity contribution is 5.85. The predicted octanol–water partition coefficient (Wildman–Crippen LogP) is 2.64. The molecule has 1 atom stereocenters. The van der Waals surface area contributed by atoms with Crippen LogP contribution < -0.4 is 5.32 Å². The van der Waals surface area contributed by atoms with Gasteiger partial charge in [-0.2, -0.15) is 0 Å². The molecular formula is C15H19FN2. The van der Waals surface area contributed by atoms with Gasteiger partial charge in [-0.05, 0) is 62.5 Å². The first kappa shape index (κ1) is 11.7. The van der Waals surface area contributed by atoms with E-state index in [1.165, 1.54) is 23.1 Å². The number of nitrogens with one attached hydrogen (secondary N) is 1. The van der Waals surface area contributed by atoms with Gasteiger partial charge in [0.25, 0.3) is 0 Å². The van der Waals surface area contributed by atoms with Gasteiger partial charge in [0, 0.05) is 18.1 Å². The van der Waals surface area contributed by atoms with Gasteiger partial charge in [-0.15, -0.1) is 0 Å². The summed E-state index contributed by atoms with van der Waals surface area (Å²) >= 11 is 0. The standard InChI is InChI=1S/C15H19FN2/c1-17-9-10-3-6-14-13(7-10)12-5-4-11(16)8-15(12)18(14)2/h4-5,8,10,17H,3,6-7,9H2,1-2H3. The third-order valence-corrected chi connectivity index (χ3v) is 4.17. The molecule has 0 aliphatic heterocycles. The van der Waals surface area contributed by atoms with Crippen molar-refractivity contribution in [3.8, 4) is 0 Å². The van der Waals surface area contributed by atoms with E-state index in [0.29, 0.717) is 5.92 Å². The quantitative estimate of drug-likeness (QED) is 0.862. The van der Waals surface area contributed by atoms with Crippen LogP contribution in [0.3, 0.4) is 0 Å². The number of hydrogen-bond acceptors (Lipinski definition) is 1. The van der Waals surface area contributed by atoms with E-state index in [2.05, 4.69) is 16.9 Å². The second-order valence-corrected chi connectivity index (χ2v) is 5.31. The van der Waals surface area contributed by atoms with E-state index in [9.17, 15) is 4.39 Å². The van der Waals surface area contributed by atoms with E-state index in [1.54, 1.807) is 12.1 Å². The van der Waals surface area contributed by atoms with Crippen molar-refractivity contribution >= 4 is 10.9 Å². The third kappa shape index (κ3) is 1.74. The minimum absolute atomic E-state index is 0.146. The van der Waals surface area contributed by atoms with Gasteiger partial charge in [0.15, 0.2) is 0 Å². The number of halogens is 1. The Bertz CT molecular complexity index is 586. The van der Waals surface area contributed by atoms with E-state index in [0.717, 1.165) is 24.9 Å². The van der Waals surface area contributed by atoms with Gasteiger partial charge in [-0.25, -0.2) is 4.39 Å². The Morgan fingerprint density at radius 2 is 2.28 bits per heavy atom. The number of rotatable bonds is 2. The summed E-state index contributed by atoms with van der Waals surface area (Å²) in [6.07, 6.45) is 3.44. The zero-order valence-electron chi connectivity index (χ0n) is 11.0. The molecule has 0 amide bonds. The average Bonchev–Trinajstić information content (AvgIpc) is 2.63. The molecule has 0 radical (unpaired) electrons. The molecule has 1 N–H and O–H groups in total. The second kappa shape index (κ2) is 4.39. The fraction of sp³-hybridized carbons (Fsp3) is 0.467. The molecule has 0 spiro atoms. The van der Waals surface area contributed by atoms with Crippen molar-refractivity contribution in [3.05, 3.63) is 35.3 Å². The second-order valence-electron chi connectivity index (χ2n) is 5.31. The van der Waals surface area contributed by atoms with Crippen molar-refractivity contribution in [2.75, 3.05) is 13.6 Å². The lowest BCUT2D eigenvalue weighted by Crippen LogP contribution is -2.25. The van der Waals surface area contributed by atoms with Crippen LogP contribution in [0.2, 0.25) is 0 Å². The Morgan fingerprint density at radius 3 is 3.06 bits per heavy atom. The maximum Gasteiger partial charge on any atom is 0.125 e. The maximum absolute atomic E-state index is 13.4. The Kier molecular flexibility index (Phi) is 2.86. The average molecular weight is 246 g/mol. The van der Waals surface area contributed by atoms with E-state index in [1.807, 2.05) is 13.1 Å². The number of nitrogens with zero attached hydrogens (tertiary/aromatic N) is 1. The van der Waals surface area contributed by atoms with E-state index < -0.39 is 0 Å². The van der Waals surface area contributed by atoms with Gasteiger partial charge >= 0.3 is 0 Å². The first-order valence-electron chi connectivity index (χ1n) is 6.61. The summed E-state index contributed by atoms with van der Waals surface area (Å²) in [4.78, 5) is 0. The molecule has 1 heterocycles. The summed E-state index contributed by atoms with van der Waals surface area (Å²) in [5.41, 5.74) is 3.85. The fourth-order valence-electron chi connectivity index (χ4n) is 3.28. The van der Waals surface area contributed by atoms with Crippen molar-refractivity contribution in [2.45, 2.75) is 19.3 Å². The van der Waals surface area contributed by atoms with Crippen molar-refractivity contribution < 1.29 is 4.39 Å². The van der Waals surface area contributed by atoms with Crippen LogP contribution in [-0.2, 0) is 19.9 Å². The third-order valence-electron chi connectivity index (χ3n) is 4.17. The molecule has 2 nitrogen and oxygen atoms in total. The SMILES string of the molecule is CNCC1CCc2c(c3ccc(F)cc3n2C)C1. The molecule has 1 aliphatic rings. The molecule has 3 heteroatoms. The van der Waals surface area contributed by atoms with Crippen LogP contribution in [0.5, 0.6) is 0 Å². The molecule has 1 unspecified atom stereocenters. The van der Waals surface area contributed by atoms with Crippen LogP contribution in [0.4, 0.5) is 4.39 Å². The lowest BCUT2D eigenvalue weighted by Gasteiger charge is -2.23. The zero-order chi connectivity index (χ0) is 12.7. The van der Waals surface area contributed by atoms with E-state index in [-0.39, 0.29) is 5.82 Å². The topological polar surface area (TPSA) is 17.0 Å². The van der Waals surface area contributed by atoms with Gasteiger partial charge in [0.1, 0.15) is 5.82 Å². The van der Waals surface area contributed by atoms with Crippen LogP contribution in [0.25, 0.3) is 10.9 Å². The molecule has 0 saturated carbocycles. The maximum atomic E-state index is 13.4. The molecule has 1 aliphatic carbocycles. The minimum Gasteiger partial charge on any atom is -0.347 e. The molecule has 96 valence electrons. The Hall–Kier alpha value is -1.35. The lowest BCUT2D eigenvalue weighted by atomic mass is 9.86. The van der Waals surface area contributed by atoms with Crippen LogP contribution >= 0.6 is 0 Å². The highest BCUT2D eigenvalue weighted by atomic mass is 19.1. The summed E-state index contributed by atoms with van der Waals surface area (Å²) in [5, 5.41) is 4.50. The monoisotopic (exact) mass is 246 g/mol. The van der Waals surface area contributed by atoms with E-state index >= 15 is 0 Å². The normalized spacial score (nSPS) is 19.2. The van der Waals surface area contributed by atoms with Crippen LogP contribution in [0, 0.1) is 11.7 Å². The summed E-state index contributed by atoms with van der Waals surface area (Å²) in [6, 6.07) is 5.16. The van der Waals surface area contributed by atoms with Crippen molar-refractivity contribution in [2.24, 2.45) is 13.0 Å². The molecular weight excluding hydrogens is 227 g/mol. The first-order valence-corrected chi connectivity index (χ1v) is 6.61. The highest BCUT2D eigenvalue weighted by Crippen LogP contribution is 2.33. The fourth-order valence-corrected chi connectivity index (χ4v) is 3.28. The molecule has 1 aromatic carbocycles. The number of aromatic nitrogens is 1. The van der Waals surface area contributed by atoms with E-state index in [4.69, 9.17) is 0 Å². The van der Waals surface area contributed by atoms with Gasteiger partial charge in [-0.1, -0.05) is 0 Å². The van der Waals surface area contributed by atoms with Crippen molar-refractivity contribution in [1.82, 2.24) is 9.88 Å². The predicted molar refractivity (Wildman–Crippen MR) is 72.3 cm³/mol.